The third kappa shape index (κ3) is 2.89. The van der Waals surface area contributed by atoms with E-state index < -0.39 is 0 Å². The zero-order valence-electron chi connectivity index (χ0n) is 11.0. The lowest BCUT2D eigenvalue weighted by Crippen LogP contribution is -2.34. The van der Waals surface area contributed by atoms with Gasteiger partial charge in [0.25, 0.3) is 0 Å². The van der Waals surface area contributed by atoms with Crippen molar-refractivity contribution in [2.45, 2.75) is 32.9 Å². The maximum Gasteiger partial charge on any atom is 0.137 e. The molecule has 0 spiro atoms. The third-order valence-electron chi connectivity index (χ3n) is 3.34. The predicted molar refractivity (Wildman–Crippen MR) is 73.3 cm³/mol. The highest BCUT2D eigenvalue weighted by molar-refractivity contribution is 5.79. The van der Waals surface area contributed by atoms with Gasteiger partial charge in [0.05, 0.1) is 0 Å². The molecule has 0 fully saturated rings. The van der Waals surface area contributed by atoms with Crippen molar-refractivity contribution < 1.29 is 5.11 Å². The van der Waals surface area contributed by atoms with Crippen molar-refractivity contribution in [2.24, 2.45) is 5.92 Å². The van der Waals surface area contributed by atoms with Gasteiger partial charge in [-0.05, 0) is 30.0 Å². The molecule has 3 N–H and O–H groups in total. The monoisotopic (exact) mass is 247 g/mol. The molecule has 0 aliphatic rings. The van der Waals surface area contributed by atoms with Gasteiger partial charge in [0.2, 0.25) is 0 Å². The van der Waals surface area contributed by atoms with Crippen LogP contribution < -0.4 is 5.32 Å². The van der Waals surface area contributed by atoms with Gasteiger partial charge in [-0.3, -0.25) is 0 Å². The second-order valence-corrected chi connectivity index (χ2v) is 4.96. The molecule has 0 amide bonds. The molecule has 2 aromatic rings. The number of hydrogen-bond acceptors (Lipinski definition) is 3. The van der Waals surface area contributed by atoms with Crippen molar-refractivity contribution >= 4 is 11.0 Å². The Kier molecular flexibility index (Phi) is 4.33. The Morgan fingerprint density at radius 3 is 3.00 bits per heavy atom. The molecule has 2 rings (SSSR count). The Bertz CT molecular complexity index is 492. The molecule has 4 heteroatoms. The fourth-order valence-corrected chi connectivity index (χ4v) is 2.21. The number of aliphatic hydroxyl groups is 1. The van der Waals surface area contributed by atoms with Gasteiger partial charge >= 0.3 is 0 Å². The average Bonchev–Trinajstić information content (AvgIpc) is 2.77. The van der Waals surface area contributed by atoms with E-state index in [0.717, 1.165) is 24.0 Å². The quantitative estimate of drug-likeness (QED) is 0.732. The van der Waals surface area contributed by atoms with Gasteiger partial charge in [-0.15, -0.1) is 0 Å². The fraction of sp³-hybridized carbons (Fsp3) is 0.500. The number of hydrogen-bond donors (Lipinski definition) is 3. The summed E-state index contributed by atoms with van der Waals surface area (Å²) in [5, 5.41) is 13.7. The molecule has 0 aliphatic heterocycles. The summed E-state index contributed by atoms with van der Waals surface area (Å²) in [7, 11) is 0. The van der Waals surface area contributed by atoms with Gasteiger partial charge in [0.1, 0.15) is 5.65 Å². The first-order valence-electron chi connectivity index (χ1n) is 6.47. The van der Waals surface area contributed by atoms with Crippen LogP contribution in [0.4, 0.5) is 0 Å². The fourth-order valence-electron chi connectivity index (χ4n) is 2.21. The van der Waals surface area contributed by atoms with Crippen LogP contribution >= 0.6 is 0 Å². The number of aromatic nitrogens is 2. The van der Waals surface area contributed by atoms with E-state index in [1.165, 1.54) is 5.56 Å². The van der Waals surface area contributed by atoms with Crippen molar-refractivity contribution in [3.63, 3.8) is 0 Å². The first-order chi connectivity index (χ1) is 8.72. The number of fused-ring (bicyclic) bond motifs is 1. The molecule has 0 bridgehead atoms. The number of H-pyrrole nitrogens is 1. The molecular formula is C14H21N3O. The standard InChI is InChI=1S/C14H21N3O/c1-10(2)13(5-7-18)16-8-11-9-17-14-12(11)4-3-6-15-14/h3-4,6,9-10,13,16,18H,5,7-8H2,1-2H3,(H,15,17). The van der Waals surface area contributed by atoms with Gasteiger partial charge in [-0.25, -0.2) is 4.98 Å². The molecule has 4 nitrogen and oxygen atoms in total. The molecule has 0 aliphatic carbocycles. The summed E-state index contributed by atoms with van der Waals surface area (Å²) in [6, 6.07) is 4.37. The maximum absolute atomic E-state index is 9.06. The van der Waals surface area contributed by atoms with Crippen LogP contribution in [0, 0.1) is 5.92 Å². The van der Waals surface area contributed by atoms with E-state index in [4.69, 9.17) is 5.11 Å². The van der Waals surface area contributed by atoms with Crippen molar-refractivity contribution in [2.75, 3.05) is 6.61 Å². The Balaban J connectivity index is 2.05. The second kappa shape index (κ2) is 5.98. The van der Waals surface area contributed by atoms with Gasteiger partial charge in [0, 0.05) is 37.0 Å². The summed E-state index contributed by atoms with van der Waals surface area (Å²) >= 11 is 0. The van der Waals surface area contributed by atoms with Crippen LogP contribution in [0.25, 0.3) is 11.0 Å². The number of aromatic amines is 1. The molecule has 0 saturated carbocycles. The van der Waals surface area contributed by atoms with Gasteiger partial charge in [0.15, 0.2) is 0 Å². The predicted octanol–water partition coefficient (Wildman–Crippen LogP) is 2.06. The van der Waals surface area contributed by atoms with Crippen LogP contribution in [0.15, 0.2) is 24.5 Å². The molecule has 1 unspecified atom stereocenters. The summed E-state index contributed by atoms with van der Waals surface area (Å²) in [5.74, 6) is 0.514. The molecule has 0 aromatic carbocycles. The second-order valence-electron chi connectivity index (χ2n) is 4.96. The molecule has 0 saturated heterocycles. The Hall–Kier alpha value is -1.39. The lowest BCUT2D eigenvalue weighted by atomic mass is 10.0. The van der Waals surface area contributed by atoms with E-state index in [1.54, 1.807) is 6.20 Å². The zero-order valence-corrected chi connectivity index (χ0v) is 11.0. The number of nitrogens with zero attached hydrogens (tertiary/aromatic N) is 1. The summed E-state index contributed by atoms with van der Waals surface area (Å²) < 4.78 is 0. The smallest absolute Gasteiger partial charge is 0.137 e. The van der Waals surface area contributed by atoms with Crippen molar-refractivity contribution in [1.82, 2.24) is 15.3 Å². The highest BCUT2D eigenvalue weighted by Crippen LogP contribution is 2.16. The molecular weight excluding hydrogens is 226 g/mol. The minimum atomic E-state index is 0.227. The average molecular weight is 247 g/mol. The van der Waals surface area contributed by atoms with Crippen LogP contribution in [0.3, 0.4) is 0 Å². The van der Waals surface area contributed by atoms with Crippen molar-refractivity contribution in [3.8, 4) is 0 Å². The number of pyridine rings is 1. The summed E-state index contributed by atoms with van der Waals surface area (Å²) in [6.45, 7) is 5.37. The zero-order chi connectivity index (χ0) is 13.0. The van der Waals surface area contributed by atoms with Gasteiger partial charge < -0.3 is 15.4 Å². The van der Waals surface area contributed by atoms with Crippen LogP contribution in [0.2, 0.25) is 0 Å². The van der Waals surface area contributed by atoms with E-state index in [1.807, 2.05) is 12.3 Å². The van der Waals surface area contributed by atoms with Crippen molar-refractivity contribution in [3.05, 3.63) is 30.1 Å². The summed E-state index contributed by atoms with van der Waals surface area (Å²) in [5.41, 5.74) is 2.15. The third-order valence-corrected chi connectivity index (χ3v) is 3.34. The van der Waals surface area contributed by atoms with E-state index in [2.05, 4.69) is 35.2 Å². The summed E-state index contributed by atoms with van der Waals surface area (Å²) in [4.78, 5) is 7.45. The van der Waals surface area contributed by atoms with E-state index in [-0.39, 0.29) is 6.61 Å². The van der Waals surface area contributed by atoms with Crippen LogP contribution in [-0.2, 0) is 6.54 Å². The van der Waals surface area contributed by atoms with E-state index in [0.29, 0.717) is 12.0 Å². The minimum Gasteiger partial charge on any atom is -0.396 e. The highest BCUT2D eigenvalue weighted by atomic mass is 16.3. The maximum atomic E-state index is 9.06. The molecule has 98 valence electrons. The number of nitrogens with one attached hydrogen (secondary N) is 2. The lowest BCUT2D eigenvalue weighted by molar-refractivity contribution is 0.244. The topological polar surface area (TPSA) is 60.9 Å². The first kappa shape index (κ1) is 13.1. The SMILES string of the molecule is CC(C)C(CCO)NCc1c[nH]c2ncccc12. The number of rotatable bonds is 6. The van der Waals surface area contributed by atoms with Crippen LogP contribution in [-0.4, -0.2) is 27.7 Å². The summed E-state index contributed by atoms with van der Waals surface area (Å²) in [6.07, 6.45) is 4.58. The van der Waals surface area contributed by atoms with E-state index >= 15 is 0 Å². The molecule has 1 atom stereocenters. The molecule has 2 aromatic heterocycles. The largest absolute Gasteiger partial charge is 0.396 e. The normalized spacial score (nSPS) is 13.3. The van der Waals surface area contributed by atoms with Gasteiger partial charge in [-0.1, -0.05) is 13.8 Å². The molecule has 18 heavy (non-hydrogen) atoms. The highest BCUT2D eigenvalue weighted by Gasteiger charge is 2.13. The van der Waals surface area contributed by atoms with Gasteiger partial charge in [-0.2, -0.15) is 0 Å². The molecule has 2 heterocycles. The minimum absolute atomic E-state index is 0.227. The Morgan fingerprint density at radius 1 is 1.44 bits per heavy atom. The van der Waals surface area contributed by atoms with Crippen LogP contribution in [0.1, 0.15) is 25.8 Å². The van der Waals surface area contributed by atoms with Crippen LogP contribution in [0.5, 0.6) is 0 Å². The first-order valence-corrected chi connectivity index (χ1v) is 6.47. The van der Waals surface area contributed by atoms with E-state index in [9.17, 15) is 0 Å². The van der Waals surface area contributed by atoms with Crippen molar-refractivity contribution in [1.29, 1.82) is 0 Å². The lowest BCUT2D eigenvalue weighted by Gasteiger charge is -2.21. The number of aliphatic hydroxyl groups excluding tert-OH is 1. The molecule has 0 radical (unpaired) electrons. The Labute approximate surface area is 107 Å². The Morgan fingerprint density at radius 2 is 2.28 bits per heavy atom.